The maximum absolute atomic E-state index is 12.8. The lowest BCUT2D eigenvalue weighted by Gasteiger charge is -2.11. The molecule has 0 radical (unpaired) electrons. The third kappa shape index (κ3) is 1.95. The summed E-state index contributed by atoms with van der Waals surface area (Å²) in [5, 5.41) is 0. The molecule has 2 heterocycles. The van der Waals surface area contributed by atoms with Crippen LogP contribution in [-0.4, -0.2) is 29.3 Å². The molecule has 0 atom stereocenters. The van der Waals surface area contributed by atoms with Crippen LogP contribution >= 0.6 is 0 Å². The van der Waals surface area contributed by atoms with Gasteiger partial charge in [-0.15, -0.1) is 0 Å². The van der Waals surface area contributed by atoms with Gasteiger partial charge in [-0.25, -0.2) is 4.98 Å². The van der Waals surface area contributed by atoms with Crippen molar-refractivity contribution >= 4 is 17.2 Å². The number of nitrogens with zero attached hydrogens (tertiary/aromatic N) is 3. The van der Waals surface area contributed by atoms with Gasteiger partial charge in [-0.2, -0.15) is 0 Å². The van der Waals surface area contributed by atoms with E-state index in [2.05, 4.69) is 4.98 Å². The molecule has 0 bridgehead atoms. The number of pyridine rings is 1. The molecule has 0 aliphatic carbocycles. The van der Waals surface area contributed by atoms with Crippen molar-refractivity contribution in [3.05, 3.63) is 66.0 Å². The number of rotatable bonds is 3. The molecule has 1 aromatic carbocycles. The molecule has 3 rings (SSSR count). The lowest BCUT2D eigenvalue weighted by Crippen LogP contribution is -2.15. The van der Waals surface area contributed by atoms with Crippen LogP contribution in [0.25, 0.3) is 5.65 Å². The number of hydrogen-bond donors (Lipinski definition) is 0. The molecule has 0 unspecified atom stereocenters. The number of fused-ring (bicyclic) bond motifs is 1. The molecule has 4 nitrogen and oxygen atoms in total. The minimum atomic E-state index is -0.0204. The van der Waals surface area contributed by atoms with Crippen LogP contribution in [0.2, 0.25) is 0 Å². The van der Waals surface area contributed by atoms with Gasteiger partial charge < -0.3 is 4.90 Å². The Hall–Kier alpha value is -2.62. The molecule has 0 amide bonds. The van der Waals surface area contributed by atoms with Crippen molar-refractivity contribution < 1.29 is 4.79 Å². The Balaban J connectivity index is 2.24. The summed E-state index contributed by atoms with van der Waals surface area (Å²) in [6.45, 7) is 0. The first kappa shape index (κ1) is 12.4. The van der Waals surface area contributed by atoms with E-state index >= 15 is 0 Å². The van der Waals surface area contributed by atoms with Gasteiger partial charge in [0.2, 0.25) is 5.78 Å². The minimum absolute atomic E-state index is 0.0204. The lowest BCUT2D eigenvalue weighted by molar-refractivity contribution is 0.103. The molecular weight excluding hydrogens is 250 g/mol. The summed E-state index contributed by atoms with van der Waals surface area (Å²) in [5.41, 5.74) is 2.04. The van der Waals surface area contributed by atoms with Crippen molar-refractivity contribution in [1.29, 1.82) is 0 Å². The number of imidazole rings is 1. The summed E-state index contributed by atoms with van der Waals surface area (Å²) in [6.07, 6.45) is 1.87. The largest absolute Gasteiger partial charge is 0.361 e. The molecule has 0 saturated carbocycles. The Bertz CT molecular complexity index is 760. The normalized spacial score (nSPS) is 10.7. The fourth-order valence-corrected chi connectivity index (χ4v) is 2.23. The third-order valence-electron chi connectivity index (χ3n) is 3.19. The third-order valence-corrected chi connectivity index (χ3v) is 3.19. The quantitative estimate of drug-likeness (QED) is 0.683. The highest BCUT2D eigenvalue weighted by Gasteiger charge is 2.21. The van der Waals surface area contributed by atoms with Gasteiger partial charge in [0, 0.05) is 25.9 Å². The van der Waals surface area contributed by atoms with Crippen molar-refractivity contribution in [2.24, 2.45) is 0 Å². The van der Waals surface area contributed by atoms with Crippen LogP contribution in [0.4, 0.5) is 5.82 Å². The standard InChI is InChI=1S/C16H15N3O/c1-18(2)16-14(15(20)12-8-4-3-5-9-12)19-11-7-6-10-13(19)17-16/h3-11H,1-2H3. The Kier molecular flexibility index (Phi) is 2.99. The topological polar surface area (TPSA) is 37.6 Å². The number of anilines is 1. The second-order valence-electron chi connectivity index (χ2n) is 4.80. The summed E-state index contributed by atoms with van der Waals surface area (Å²) in [7, 11) is 3.78. The molecule has 4 heteroatoms. The molecule has 20 heavy (non-hydrogen) atoms. The molecule has 100 valence electrons. The van der Waals surface area contributed by atoms with Gasteiger partial charge >= 0.3 is 0 Å². The van der Waals surface area contributed by atoms with Gasteiger partial charge in [0.15, 0.2) is 5.82 Å². The van der Waals surface area contributed by atoms with Crippen molar-refractivity contribution in [3.8, 4) is 0 Å². The number of ketones is 1. The second-order valence-corrected chi connectivity index (χ2v) is 4.80. The van der Waals surface area contributed by atoms with Gasteiger partial charge in [0.1, 0.15) is 11.3 Å². The van der Waals surface area contributed by atoms with Gasteiger partial charge in [-0.1, -0.05) is 36.4 Å². The smallest absolute Gasteiger partial charge is 0.213 e. The monoisotopic (exact) mass is 265 g/mol. The summed E-state index contributed by atoms with van der Waals surface area (Å²) in [4.78, 5) is 19.2. The zero-order chi connectivity index (χ0) is 14.1. The van der Waals surface area contributed by atoms with E-state index in [9.17, 15) is 4.79 Å². The number of aromatic nitrogens is 2. The highest BCUT2D eigenvalue weighted by Crippen LogP contribution is 2.22. The van der Waals surface area contributed by atoms with E-state index in [1.54, 1.807) is 0 Å². The molecule has 0 fully saturated rings. The maximum atomic E-state index is 12.8. The molecule has 3 aromatic rings. The van der Waals surface area contributed by atoms with Crippen LogP contribution in [0, 0.1) is 0 Å². The van der Waals surface area contributed by atoms with Crippen LogP contribution < -0.4 is 4.90 Å². The summed E-state index contributed by atoms with van der Waals surface area (Å²) in [6, 6.07) is 15.0. The molecule has 0 aliphatic rings. The van der Waals surface area contributed by atoms with Crippen molar-refractivity contribution in [2.75, 3.05) is 19.0 Å². The van der Waals surface area contributed by atoms with E-state index < -0.39 is 0 Å². The van der Waals surface area contributed by atoms with E-state index in [-0.39, 0.29) is 5.78 Å². The van der Waals surface area contributed by atoms with Crippen LogP contribution in [0.5, 0.6) is 0 Å². The molecule has 2 aromatic heterocycles. The van der Waals surface area contributed by atoms with Crippen LogP contribution in [0.15, 0.2) is 54.7 Å². The average molecular weight is 265 g/mol. The average Bonchev–Trinajstić information content (AvgIpc) is 2.87. The summed E-state index contributed by atoms with van der Waals surface area (Å²) in [5.74, 6) is 0.665. The highest BCUT2D eigenvalue weighted by atomic mass is 16.1. The molecular formula is C16H15N3O. The number of hydrogen-bond acceptors (Lipinski definition) is 3. The van der Waals surface area contributed by atoms with Gasteiger partial charge in [0.25, 0.3) is 0 Å². The van der Waals surface area contributed by atoms with Gasteiger partial charge in [-0.3, -0.25) is 9.20 Å². The predicted octanol–water partition coefficient (Wildman–Crippen LogP) is 2.63. The van der Waals surface area contributed by atoms with Crippen LogP contribution in [-0.2, 0) is 0 Å². The van der Waals surface area contributed by atoms with E-state index in [1.807, 2.05) is 78.1 Å². The Morgan fingerprint density at radius 1 is 1.05 bits per heavy atom. The Morgan fingerprint density at radius 2 is 1.75 bits per heavy atom. The lowest BCUT2D eigenvalue weighted by atomic mass is 10.1. The van der Waals surface area contributed by atoms with Crippen LogP contribution in [0.1, 0.15) is 16.1 Å². The van der Waals surface area contributed by atoms with Crippen molar-refractivity contribution in [3.63, 3.8) is 0 Å². The van der Waals surface area contributed by atoms with E-state index in [4.69, 9.17) is 0 Å². The second kappa shape index (κ2) is 4.81. The van der Waals surface area contributed by atoms with Crippen LogP contribution in [0.3, 0.4) is 0 Å². The fraction of sp³-hybridized carbons (Fsp3) is 0.125. The summed E-state index contributed by atoms with van der Waals surface area (Å²) >= 11 is 0. The number of benzene rings is 1. The predicted molar refractivity (Wildman–Crippen MR) is 79.4 cm³/mol. The first-order chi connectivity index (χ1) is 9.68. The van der Waals surface area contributed by atoms with Crippen molar-refractivity contribution in [1.82, 2.24) is 9.38 Å². The molecule has 0 spiro atoms. The highest BCUT2D eigenvalue weighted by molar-refractivity contribution is 6.11. The Morgan fingerprint density at radius 3 is 2.45 bits per heavy atom. The first-order valence-electron chi connectivity index (χ1n) is 6.42. The minimum Gasteiger partial charge on any atom is -0.361 e. The van der Waals surface area contributed by atoms with E-state index in [0.29, 0.717) is 17.1 Å². The van der Waals surface area contributed by atoms with E-state index in [1.165, 1.54) is 0 Å². The Labute approximate surface area is 117 Å². The first-order valence-corrected chi connectivity index (χ1v) is 6.42. The number of carbonyl (C=O) groups excluding carboxylic acids is 1. The fourth-order valence-electron chi connectivity index (χ4n) is 2.23. The summed E-state index contributed by atoms with van der Waals surface area (Å²) < 4.78 is 1.84. The molecule has 0 N–H and O–H groups in total. The zero-order valence-corrected chi connectivity index (χ0v) is 11.4. The SMILES string of the molecule is CN(C)c1nc2ccccn2c1C(=O)c1ccccc1. The number of carbonyl (C=O) groups is 1. The van der Waals surface area contributed by atoms with E-state index in [0.717, 1.165) is 5.65 Å². The van der Waals surface area contributed by atoms with Crippen molar-refractivity contribution in [2.45, 2.75) is 0 Å². The molecule has 0 saturated heterocycles. The van der Waals surface area contributed by atoms with Gasteiger partial charge in [-0.05, 0) is 12.1 Å². The van der Waals surface area contributed by atoms with Gasteiger partial charge in [0.05, 0.1) is 0 Å². The molecule has 0 aliphatic heterocycles. The maximum Gasteiger partial charge on any atom is 0.213 e. The zero-order valence-electron chi connectivity index (χ0n) is 11.4.